The van der Waals surface area contributed by atoms with Crippen molar-refractivity contribution in [3.8, 4) is 0 Å². The zero-order valence-corrected chi connectivity index (χ0v) is 16.6. The van der Waals surface area contributed by atoms with E-state index in [1.165, 1.54) is 11.1 Å². The number of ether oxygens (including phenoxy) is 1. The Labute approximate surface area is 171 Å². The number of morpholine rings is 1. The van der Waals surface area contributed by atoms with E-state index in [-0.39, 0.29) is 18.7 Å². The number of carbonyl (C=O) groups is 1. The summed E-state index contributed by atoms with van der Waals surface area (Å²) in [4.78, 5) is 21.5. The molecule has 0 radical (unpaired) electrons. The van der Waals surface area contributed by atoms with Gasteiger partial charge in [0, 0.05) is 19.6 Å². The van der Waals surface area contributed by atoms with Crippen LogP contribution in [0, 0.1) is 0 Å². The summed E-state index contributed by atoms with van der Waals surface area (Å²) in [5.41, 5.74) is 3.12. The quantitative estimate of drug-likeness (QED) is 0.813. The van der Waals surface area contributed by atoms with Gasteiger partial charge in [-0.2, -0.15) is 0 Å². The molecule has 1 aliphatic heterocycles. The van der Waals surface area contributed by atoms with Crippen molar-refractivity contribution in [1.82, 2.24) is 9.88 Å². The van der Waals surface area contributed by atoms with Crippen LogP contribution in [0.15, 0.2) is 42.6 Å². The minimum atomic E-state index is -0.207. The molecule has 29 heavy (non-hydrogen) atoms. The van der Waals surface area contributed by atoms with E-state index < -0.39 is 0 Å². The molecule has 2 aliphatic rings. The number of anilines is 2. The highest BCUT2D eigenvalue weighted by Gasteiger charge is 2.29. The van der Waals surface area contributed by atoms with E-state index in [1.54, 1.807) is 11.1 Å². The number of nitrogens with zero attached hydrogens (tertiary/aromatic N) is 3. The fourth-order valence-corrected chi connectivity index (χ4v) is 4.19. The van der Waals surface area contributed by atoms with Gasteiger partial charge in [0.1, 0.15) is 5.82 Å². The third-order valence-corrected chi connectivity index (χ3v) is 5.65. The fraction of sp³-hybridized carbons (Fsp3) is 0.455. The van der Waals surface area contributed by atoms with Crippen molar-refractivity contribution in [3.63, 3.8) is 0 Å². The van der Waals surface area contributed by atoms with E-state index >= 15 is 0 Å². The number of rotatable bonds is 5. The Hall–Kier alpha value is -2.64. The Morgan fingerprint density at radius 3 is 2.83 bits per heavy atom. The molecule has 0 saturated carbocycles. The lowest BCUT2D eigenvalue weighted by atomic mass is 9.87. The van der Waals surface area contributed by atoms with Gasteiger partial charge in [0.25, 0.3) is 0 Å². The molecule has 1 aliphatic carbocycles. The number of pyridine rings is 1. The van der Waals surface area contributed by atoms with Crippen molar-refractivity contribution in [2.45, 2.75) is 25.3 Å². The highest BCUT2D eigenvalue weighted by atomic mass is 16.5. The van der Waals surface area contributed by atoms with Crippen molar-refractivity contribution in [2.75, 3.05) is 49.7 Å². The Bertz CT molecular complexity index is 821. The third kappa shape index (κ3) is 4.52. The first-order valence-electron chi connectivity index (χ1n) is 10.3. The second kappa shape index (κ2) is 9.24. The number of hydrogen-bond acceptors (Lipinski definition) is 5. The maximum atomic E-state index is 13.0. The fourth-order valence-electron chi connectivity index (χ4n) is 4.19. The number of benzene rings is 1. The second-order valence-corrected chi connectivity index (χ2v) is 7.46. The van der Waals surface area contributed by atoms with Crippen LogP contribution in [0.25, 0.3) is 0 Å². The summed E-state index contributed by atoms with van der Waals surface area (Å²) in [6.45, 7) is 3.29. The van der Waals surface area contributed by atoms with Crippen LogP contribution in [0.2, 0.25) is 0 Å². The first-order valence-corrected chi connectivity index (χ1v) is 10.3. The number of hydrogen-bond donors (Lipinski definition) is 2. The van der Waals surface area contributed by atoms with E-state index in [4.69, 9.17) is 4.74 Å². The lowest BCUT2D eigenvalue weighted by Gasteiger charge is -2.35. The number of aromatic nitrogens is 1. The van der Waals surface area contributed by atoms with Gasteiger partial charge in [-0.15, -0.1) is 0 Å². The topological polar surface area (TPSA) is 77.9 Å². The predicted molar refractivity (Wildman–Crippen MR) is 112 cm³/mol. The lowest BCUT2D eigenvalue weighted by molar-refractivity contribution is 0.122. The van der Waals surface area contributed by atoms with Gasteiger partial charge in [0.05, 0.1) is 37.7 Å². The van der Waals surface area contributed by atoms with Gasteiger partial charge < -0.3 is 25.0 Å². The Balaban J connectivity index is 1.47. The number of urea groups is 1. The standard InChI is InChI=1S/C22H28N4O3/c27-13-10-26(20-7-3-5-17-4-1-2-6-19(17)20)22(28)24-18-8-9-21(23-16-18)25-11-14-29-15-12-25/h1-2,4,6,8-9,16,20,27H,3,5,7,10-15H2,(H,24,28). The van der Waals surface area contributed by atoms with E-state index in [2.05, 4.69) is 27.3 Å². The molecule has 7 nitrogen and oxygen atoms in total. The molecular formula is C22H28N4O3. The molecule has 1 fully saturated rings. The van der Waals surface area contributed by atoms with Crippen molar-refractivity contribution < 1.29 is 14.6 Å². The lowest BCUT2D eigenvalue weighted by Crippen LogP contribution is -2.41. The van der Waals surface area contributed by atoms with E-state index in [0.717, 1.165) is 38.2 Å². The van der Waals surface area contributed by atoms with Crippen LogP contribution in [0.1, 0.15) is 30.0 Å². The summed E-state index contributed by atoms with van der Waals surface area (Å²) in [6.07, 6.45) is 4.66. The largest absolute Gasteiger partial charge is 0.395 e. The van der Waals surface area contributed by atoms with Crippen LogP contribution in [-0.4, -0.2) is 60.5 Å². The minimum Gasteiger partial charge on any atom is -0.395 e. The number of aryl methyl sites for hydroxylation is 1. The van der Waals surface area contributed by atoms with Gasteiger partial charge in [-0.3, -0.25) is 0 Å². The molecule has 2 N–H and O–H groups in total. The molecule has 1 aromatic carbocycles. The first-order chi connectivity index (χ1) is 14.3. The van der Waals surface area contributed by atoms with Gasteiger partial charge in [0.15, 0.2) is 0 Å². The molecule has 1 unspecified atom stereocenters. The summed E-state index contributed by atoms with van der Waals surface area (Å²) in [5.74, 6) is 0.889. The molecule has 1 atom stereocenters. The molecule has 2 aromatic rings. The zero-order chi connectivity index (χ0) is 20.1. The molecule has 1 aromatic heterocycles. The minimum absolute atomic E-state index is 0.0207. The molecule has 1 saturated heterocycles. The molecule has 154 valence electrons. The first kappa shape index (κ1) is 19.7. The van der Waals surface area contributed by atoms with Gasteiger partial charge in [-0.1, -0.05) is 24.3 Å². The van der Waals surface area contributed by atoms with E-state index in [1.807, 2.05) is 24.3 Å². The van der Waals surface area contributed by atoms with Crippen molar-refractivity contribution in [1.29, 1.82) is 0 Å². The molecule has 0 spiro atoms. The van der Waals surface area contributed by atoms with Gasteiger partial charge >= 0.3 is 6.03 Å². The summed E-state index contributed by atoms with van der Waals surface area (Å²) >= 11 is 0. The third-order valence-electron chi connectivity index (χ3n) is 5.65. The molecule has 2 amide bonds. The van der Waals surface area contributed by atoms with Crippen LogP contribution in [0.3, 0.4) is 0 Å². The molecule has 0 bridgehead atoms. The Kier molecular flexibility index (Phi) is 6.27. The smallest absolute Gasteiger partial charge is 0.322 e. The number of aliphatic hydroxyl groups excluding tert-OH is 1. The number of carbonyl (C=O) groups excluding carboxylic acids is 1. The number of fused-ring (bicyclic) bond motifs is 1. The monoisotopic (exact) mass is 396 g/mol. The predicted octanol–water partition coefficient (Wildman–Crippen LogP) is 2.82. The summed E-state index contributed by atoms with van der Waals surface area (Å²) < 4.78 is 5.38. The van der Waals surface area contributed by atoms with Crippen molar-refractivity contribution in [3.05, 3.63) is 53.7 Å². The van der Waals surface area contributed by atoms with Crippen LogP contribution in [0.5, 0.6) is 0 Å². The van der Waals surface area contributed by atoms with Crippen molar-refractivity contribution >= 4 is 17.5 Å². The average Bonchev–Trinajstić information content (AvgIpc) is 2.78. The number of amides is 2. The maximum absolute atomic E-state index is 13.0. The highest BCUT2D eigenvalue weighted by Crippen LogP contribution is 2.34. The van der Waals surface area contributed by atoms with Crippen LogP contribution >= 0.6 is 0 Å². The van der Waals surface area contributed by atoms with Gasteiger partial charge in [-0.05, 0) is 42.5 Å². The normalized spacial score (nSPS) is 18.8. The Morgan fingerprint density at radius 2 is 2.07 bits per heavy atom. The van der Waals surface area contributed by atoms with E-state index in [0.29, 0.717) is 25.4 Å². The Morgan fingerprint density at radius 1 is 1.24 bits per heavy atom. The molecule has 7 heteroatoms. The van der Waals surface area contributed by atoms with Gasteiger partial charge in [-0.25, -0.2) is 9.78 Å². The van der Waals surface area contributed by atoms with Gasteiger partial charge in [0.2, 0.25) is 0 Å². The number of nitrogens with one attached hydrogen (secondary N) is 1. The zero-order valence-electron chi connectivity index (χ0n) is 16.6. The highest BCUT2D eigenvalue weighted by molar-refractivity contribution is 5.89. The summed E-state index contributed by atoms with van der Waals surface area (Å²) in [7, 11) is 0. The van der Waals surface area contributed by atoms with Crippen LogP contribution < -0.4 is 10.2 Å². The van der Waals surface area contributed by atoms with Crippen LogP contribution in [-0.2, 0) is 11.2 Å². The average molecular weight is 396 g/mol. The summed E-state index contributed by atoms with van der Waals surface area (Å²) in [6, 6.07) is 11.9. The van der Waals surface area contributed by atoms with Crippen molar-refractivity contribution in [2.24, 2.45) is 0 Å². The molecular weight excluding hydrogens is 368 g/mol. The van der Waals surface area contributed by atoms with E-state index in [9.17, 15) is 9.90 Å². The molecule has 2 heterocycles. The van der Waals surface area contributed by atoms with Crippen LogP contribution in [0.4, 0.5) is 16.3 Å². The SMILES string of the molecule is O=C(Nc1ccc(N2CCOCC2)nc1)N(CCO)C1CCCc2ccccc21. The summed E-state index contributed by atoms with van der Waals surface area (Å²) in [5, 5.41) is 12.5. The maximum Gasteiger partial charge on any atom is 0.322 e. The second-order valence-electron chi connectivity index (χ2n) is 7.46. The molecule has 4 rings (SSSR count). The number of aliphatic hydroxyl groups is 1.